The predicted molar refractivity (Wildman–Crippen MR) is 92.3 cm³/mol. The van der Waals surface area contributed by atoms with Crippen LogP contribution in [0.3, 0.4) is 0 Å². The molecule has 0 aliphatic heterocycles. The number of amides is 1. The fourth-order valence-electron chi connectivity index (χ4n) is 1.97. The minimum absolute atomic E-state index is 0.0628. The molecule has 0 aliphatic carbocycles. The van der Waals surface area contributed by atoms with Crippen molar-refractivity contribution in [3.63, 3.8) is 0 Å². The minimum atomic E-state index is -0.410. The molecule has 0 unspecified atom stereocenters. The summed E-state index contributed by atoms with van der Waals surface area (Å²) >= 11 is 3.41. The summed E-state index contributed by atoms with van der Waals surface area (Å²) < 4.78 is 0.835. The smallest absolute Gasteiger partial charge is 0.266 e. The molecular formula is C18H15BrN2O. The Bertz CT molecular complexity index is 788. The molecular weight excluding hydrogens is 340 g/mol. The number of rotatable bonds is 3. The summed E-state index contributed by atoms with van der Waals surface area (Å²) in [7, 11) is 0. The van der Waals surface area contributed by atoms with Crippen LogP contribution in [0.15, 0.2) is 52.5 Å². The van der Waals surface area contributed by atoms with Gasteiger partial charge in [0.25, 0.3) is 5.91 Å². The van der Waals surface area contributed by atoms with Crippen LogP contribution in [0.4, 0.5) is 5.69 Å². The Balaban J connectivity index is 2.29. The van der Waals surface area contributed by atoms with Gasteiger partial charge in [-0.05, 0) is 48.7 Å². The van der Waals surface area contributed by atoms with Gasteiger partial charge in [0.1, 0.15) is 11.6 Å². The van der Waals surface area contributed by atoms with Crippen molar-refractivity contribution in [1.29, 1.82) is 5.26 Å². The van der Waals surface area contributed by atoms with Gasteiger partial charge in [-0.3, -0.25) is 4.79 Å². The molecule has 4 heteroatoms. The lowest BCUT2D eigenvalue weighted by atomic mass is 10.1. The Morgan fingerprint density at radius 2 is 1.91 bits per heavy atom. The third kappa shape index (κ3) is 3.63. The van der Waals surface area contributed by atoms with Crippen LogP contribution in [-0.4, -0.2) is 5.91 Å². The molecule has 0 aromatic heterocycles. The van der Waals surface area contributed by atoms with Crippen LogP contribution in [0, 0.1) is 25.2 Å². The van der Waals surface area contributed by atoms with Crippen LogP contribution >= 0.6 is 15.9 Å². The molecule has 0 radical (unpaired) electrons. The van der Waals surface area contributed by atoms with Crippen molar-refractivity contribution in [3.8, 4) is 6.07 Å². The maximum Gasteiger partial charge on any atom is 0.266 e. The molecule has 2 aromatic carbocycles. The maximum absolute atomic E-state index is 12.3. The Hall–Kier alpha value is -2.38. The number of anilines is 1. The number of nitriles is 1. The highest BCUT2D eigenvalue weighted by Crippen LogP contribution is 2.21. The second kappa shape index (κ2) is 7.06. The molecule has 0 aliphatic rings. The van der Waals surface area contributed by atoms with E-state index >= 15 is 0 Å². The molecule has 0 heterocycles. The van der Waals surface area contributed by atoms with Gasteiger partial charge in [-0.2, -0.15) is 5.26 Å². The molecule has 3 nitrogen and oxygen atoms in total. The van der Waals surface area contributed by atoms with Crippen molar-refractivity contribution in [2.75, 3.05) is 5.32 Å². The molecule has 1 N–H and O–H groups in total. The molecule has 0 spiro atoms. The lowest BCUT2D eigenvalue weighted by Crippen LogP contribution is -2.14. The summed E-state index contributed by atoms with van der Waals surface area (Å²) in [4.78, 5) is 12.3. The highest BCUT2D eigenvalue weighted by Gasteiger charge is 2.12. The zero-order valence-corrected chi connectivity index (χ0v) is 13.9. The van der Waals surface area contributed by atoms with Gasteiger partial charge >= 0.3 is 0 Å². The molecule has 0 saturated carbocycles. The fourth-order valence-corrected chi connectivity index (χ4v) is 2.37. The molecule has 0 fully saturated rings. The van der Waals surface area contributed by atoms with Gasteiger partial charge in [0.05, 0.1) is 0 Å². The highest BCUT2D eigenvalue weighted by atomic mass is 79.9. The summed E-state index contributed by atoms with van der Waals surface area (Å²) in [6, 6.07) is 15.1. The number of carbonyl (C=O) groups excluding carboxylic acids is 1. The van der Waals surface area contributed by atoms with Gasteiger partial charge in [-0.25, -0.2) is 0 Å². The van der Waals surface area contributed by atoms with Gasteiger partial charge in [-0.1, -0.05) is 46.3 Å². The first-order valence-corrected chi connectivity index (χ1v) is 7.56. The first-order chi connectivity index (χ1) is 10.5. The van der Waals surface area contributed by atoms with E-state index in [1.165, 1.54) is 0 Å². The molecule has 110 valence electrons. The van der Waals surface area contributed by atoms with Gasteiger partial charge in [0.2, 0.25) is 0 Å². The largest absolute Gasteiger partial charge is 0.321 e. The van der Waals surface area contributed by atoms with Gasteiger partial charge in [0.15, 0.2) is 0 Å². The number of nitrogens with one attached hydrogen (secondary N) is 1. The molecule has 0 atom stereocenters. The van der Waals surface area contributed by atoms with Crippen molar-refractivity contribution in [3.05, 3.63) is 69.2 Å². The summed E-state index contributed by atoms with van der Waals surface area (Å²) in [5, 5.41) is 12.1. The van der Waals surface area contributed by atoms with Gasteiger partial charge in [0, 0.05) is 10.2 Å². The van der Waals surface area contributed by atoms with Crippen LogP contribution in [-0.2, 0) is 4.79 Å². The Labute approximate surface area is 138 Å². The third-order valence-electron chi connectivity index (χ3n) is 3.42. The SMILES string of the molecule is Cc1cccc(NC(=O)/C(C#N)=C/c2ccccc2Br)c1C. The number of hydrogen-bond acceptors (Lipinski definition) is 2. The summed E-state index contributed by atoms with van der Waals surface area (Å²) in [6.45, 7) is 3.92. The topological polar surface area (TPSA) is 52.9 Å². The van der Waals surface area contributed by atoms with E-state index in [1.54, 1.807) is 6.08 Å². The molecule has 1 amide bonds. The van der Waals surface area contributed by atoms with Crippen molar-refractivity contribution in [1.82, 2.24) is 0 Å². The molecule has 0 bridgehead atoms. The predicted octanol–water partition coefficient (Wildman–Crippen LogP) is 4.61. The van der Waals surface area contributed by atoms with E-state index in [0.717, 1.165) is 26.9 Å². The van der Waals surface area contributed by atoms with Crippen LogP contribution in [0.1, 0.15) is 16.7 Å². The summed E-state index contributed by atoms with van der Waals surface area (Å²) in [5.74, 6) is -0.410. The number of aryl methyl sites for hydroxylation is 1. The maximum atomic E-state index is 12.3. The van der Waals surface area contributed by atoms with E-state index in [2.05, 4.69) is 21.2 Å². The third-order valence-corrected chi connectivity index (χ3v) is 4.15. The molecule has 2 aromatic rings. The second-order valence-electron chi connectivity index (χ2n) is 4.89. The number of halogens is 1. The van der Waals surface area contributed by atoms with E-state index in [1.807, 2.05) is 62.4 Å². The fraction of sp³-hybridized carbons (Fsp3) is 0.111. The number of carbonyl (C=O) groups is 1. The zero-order chi connectivity index (χ0) is 16.1. The Kier molecular flexibility index (Phi) is 5.13. The number of benzene rings is 2. The standard InChI is InChI=1S/C18H15BrN2O/c1-12-6-5-9-17(13(12)2)21-18(22)15(11-20)10-14-7-3-4-8-16(14)19/h3-10H,1-2H3,(H,21,22)/b15-10+. The van der Waals surface area contributed by atoms with Crippen LogP contribution in [0.5, 0.6) is 0 Å². The Morgan fingerprint density at radius 1 is 1.18 bits per heavy atom. The summed E-state index contributed by atoms with van der Waals surface area (Å²) in [5.41, 5.74) is 3.65. The van der Waals surface area contributed by atoms with E-state index in [0.29, 0.717) is 0 Å². The van der Waals surface area contributed by atoms with Crippen LogP contribution < -0.4 is 5.32 Å². The minimum Gasteiger partial charge on any atom is -0.321 e. The van der Waals surface area contributed by atoms with Crippen LogP contribution in [0.25, 0.3) is 6.08 Å². The van der Waals surface area contributed by atoms with Crippen molar-refractivity contribution in [2.24, 2.45) is 0 Å². The van der Waals surface area contributed by atoms with Crippen molar-refractivity contribution < 1.29 is 4.79 Å². The second-order valence-corrected chi connectivity index (χ2v) is 5.75. The molecule has 22 heavy (non-hydrogen) atoms. The Morgan fingerprint density at radius 3 is 2.59 bits per heavy atom. The van der Waals surface area contributed by atoms with E-state index in [-0.39, 0.29) is 5.57 Å². The van der Waals surface area contributed by atoms with E-state index < -0.39 is 5.91 Å². The zero-order valence-electron chi connectivity index (χ0n) is 12.4. The number of hydrogen-bond donors (Lipinski definition) is 1. The lowest BCUT2D eigenvalue weighted by molar-refractivity contribution is -0.112. The van der Waals surface area contributed by atoms with Crippen molar-refractivity contribution >= 4 is 33.6 Å². The van der Waals surface area contributed by atoms with Crippen molar-refractivity contribution in [2.45, 2.75) is 13.8 Å². The van der Waals surface area contributed by atoms with Crippen LogP contribution in [0.2, 0.25) is 0 Å². The normalized spacial score (nSPS) is 10.9. The average molecular weight is 355 g/mol. The van der Waals surface area contributed by atoms with E-state index in [4.69, 9.17) is 0 Å². The molecule has 0 saturated heterocycles. The van der Waals surface area contributed by atoms with Gasteiger partial charge < -0.3 is 5.32 Å². The lowest BCUT2D eigenvalue weighted by Gasteiger charge is -2.10. The first kappa shape index (κ1) is 16.0. The highest BCUT2D eigenvalue weighted by molar-refractivity contribution is 9.10. The van der Waals surface area contributed by atoms with E-state index in [9.17, 15) is 10.1 Å². The monoisotopic (exact) mass is 354 g/mol. The summed E-state index contributed by atoms with van der Waals surface area (Å²) in [6.07, 6.45) is 1.57. The average Bonchev–Trinajstić information content (AvgIpc) is 2.51. The molecule has 2 rings (SSSR count). The van der Waals surface area contributed by atoms with Gasteiger partial charge in [-0.15, -0.1) is 0 Å². The number of nitrogens with zero attached hydrogens (tertiary/aromatic N) is 1. The quantitative estimate of drug-likeness (QED) is 0.646. The first-order valence-electron chi connectivity index (χ1n) is 6.77.